The van der Waals surface area contributed by atoms with Crippen molar-refractivity contribution in [1.82, 2.24) is 0 Å². The maximum Gasteiger partial charge on any atom is 0.334 e. The molecule has 0 aliphatic carbocycles. The highest BCUT2D eigenvalue weighted by atomic mass is 16.5. The zero-order valence-electron chi connectivity index (χ0n) is 13.0. The summed E-state index contributed by atoms with van der Waals surface area (Å²) in [6.45, 7) is 0.324. The predicted octanol–water partition coefficient (Wildman–Crippen LogP) is 3.19. The highest BCUT2D eigenvalue weighted by molar-refractivity contribution is 5.74. The molecule has 4 heteroatoms. The molecule has 0 aliphatic heterocycles. The van der Waals surface area contributed by atoms with Crippen molar-refractivity contribution in [2.24, 2.45) is 0 Å². The zero-order chi connectivity index (χ0) is 15.1. The van der Waals surface area contributed by atoms with Crippen LogP contribution in [-0.4, -0.2) is 36.0 Å². The number of hydrogen-bond acceptors (Lipinski definition) is 4. The van der Waals surface area contributed by atoms with Crippen LogP contribution in [0.4, 0.5) is 0 Å². The zero-order valence-corrected chi connectivity index (χ0v) is 13.0. The lowest BCUT2D eigenvalue weighted by atomic mass is 10.0. The third kappa shape index (κ3) is 12.4. The Bertz CT molecular complexity index is 219. The van der Waals surface area contributed by atoms with Gasteiger partial charge in [0.15, 0.2) is 6.10 Å². The summed E-state index contributed by atoms with van der Waals surface area (Å²) < 4.78 is 4.47. The highest BCUT2D eigenvalue weighted by Crippen LogP contribution is 2.12. The number of rotatable bonds is 14. The van der Waals surface area contributed by atoms with Gasteiger partial charge in [0.25, 0.3) is 0 Å². The SMILES string of the molecule is COC(=O)C(O)CCCCCCCCCCCCCO. The first-order chi connectivity index (χ1) is 9.72. The molecule has 0 fully saturated rings. The van der Waals surface area contributed by atoms with Crippen LogP contribution in [0, 0.1) is 0 Å². The van der Waals surface area contributed by atoms with Crippen molar-refractivity contribution in [1.29, 1.82) is 0 Å². The van der Waals surface area contributed by atoms with Gasteiger partial charge in [-0.05, 0) is 12.8 Å². The van der Waals surface area contributed by atoms with Crippen LogP contribution >= 0.6 is 0 Å². The second-order valence-electron chi connectivity index (χ2n) is 5.44. The molecule has 120 valence electrons. The van der Waals surface area contributed by atoms with Crippen LogP contribution in [0.1, 0.15) is 77.0 Å². The lowest BCUT2D eigenvalue weighted by Crippen LogP contribution is -2.21. The van der Waals surface area contributed by atoms with Gasteiger partial charge in [-0.3, -0.25) is 0 Å². The maximum absolute atomic E-state index is 11.0. The largest absolute Gasteiger partial charge is 0.467 e. The Morgan fingerprint density at radius 3 is 1.65 bits per heavy atom. The predicted molar refractivity (Wildman–Crippen MR) is 80.5 cm³/mol. The van der Waals surface area contributed by atoms with Gasteiger partial charge in [-0.1, -0.05) is 64.2 Å². The molecule has 2 N–H and O–H groups in total. The summed E-state index contributed by atoms with van der Waals surface area (Å²) in [6, 6.07) is 0. The Kier molecular flexibility index (Phi) is 14.3. The first-order valence-electron chi connectivity index (χ1n) is 8.09. The molecule has 0 spiro atoms. The summed E-state index contributed by atoms with van der Waals surface area (Å²) in [5.41, 5.74) is 0. The number of unbranched alkanes of at least 4 members (excludes halogenated alkanes) is 10. The quantitative estimate of drug-likeness (QED) is 0.380. The average Bonchev–Trinajstić information content (AvgIpc) is 2.47. The minimum Gasteiger partial charge on any atom is -0.467 e. The van der Waals surface area contributed by atoms with Gasteiger partial charge in [-0.25, -0.2) is 4.79 Å². The van der Waals surface area contributed by atoms with E-state index in [1.165, 1.54) is 52.1 Å². The molecule has 0 heterocycles. The molecule has 20 heavy (non-hydrogen) atoms. The first-order valence-corrected chi connectivity index (χ1v) is 8.09. The van der Waals surface area contributed by atoms with Gasteiger partial charge in [0.2, 0.25) is 0 Å². The summed E-state index contributed by atoms with van der Waals surface area (Å²) in [5, 5.41) is 18.0. The van der Waals surface area contributed by atoms with Gasteiger partial charge in [0.05, 0.1) is 7.11 Å². The average molecular weight is 288 g/mol. The number of carbonyl (C=O) groups excluding carboxylic acids is 1. The second kappa shape index (κ2) is 14.8. The molecule has 0 saturated carbocycles. The van der Waals surface area contributed by atoms with Crippen molar-refractivity contribution >= 4 is 5.97 Å². The van der Waals surface area contributed by atoms with Crippen molar-refractivity contribution in [3.05, 3.63) is 0 Å². The molecular weight excluding hydrogens is 256 g/mol. The first kappa shape index (κ1) is 19.4. The van der Waals surface area contributed by atoms with Gasteiger partial charge in [-0.15, -0.1) is 0 Å². The molecule has 1 unspecified atom stereocenters. The molecular formula is C16H32O4. The van der Waals surface area contributed by atoms with Crippen LogP contribution in [-0.2, 0) is 9.53 Å². The number of hydrogen-bond donors (Lipinski definition) is 2. The fraction of sp³-hybridized carbons (Fsp3) is 0.938. The number of carbonyl (C=O) groups is 1. The molecule has 4 nitrogen and oxygen atoms in total. The molecule has 0 aliphatic rings. The standard InChI is InChI=1S/C16H32O4/c1-20-16(19)15(18)13-11-9-7-5-3-2-4-6-8-10-12-14-17/h15,17-18H,2-14H2,1H3. The normalized spacial score (nSPS) is 12.3. The van der Waals surface area contributed by atoms with E-state index in [0.717, 1.165) is 25.7 Å². The molecule has 1 atom stereocenters. The van der Waals surface area contributed by atoms with E-state index in [0.29, 0.717) is 13.0 Å². The molecule has 0 bridgehead atoms. The van der Waals surface area contributed by atoms with Gasteiger partial charge >= 0.3 is 5.97 Å². The third-order valence-electron chi connectivity index (χ3n) is 3.61. The Morgan fingerprint density at radius 2 is 1.25 bits per heavy atom. The lowest BCUT2D eigenvalue weighted by molar-refractivity contribution is -0.150. The summed E-state index contributed by atoms with van der Waals surface area (Å²) in [5.74, 6) is -0.522. The molecule has 0 aromatic rings. The van der Waals surface area contributed by atoms with Crippen LogP contribution < -0.4 is 0 Å². The van der Waals surface area contributed by atoms with E-state index < -0.39 is 12.1 Å². The van der Waals surface area contributed by atoms with Crippen LogP contribution in [0.2, 0.25) is 0 Å². The Morgan fingerprint density at radius 1 is 0.850 bits per heavy atom. The molecule has 0 rings (SSSR count). The number of esters is 1. The van der Waals surface area contributed by atoms with E-state index in [1.54, 1.807) is 0 Å². The lowest BCUT2D eigenvalue weighted by Gasteiger charge is -2.07. The van der Waals surface area contributed by atoms with E-state index in [4.69, 9.17) is 5.11 Å². The van der Waals surface area contributed by atoms with Crippen LogP contribution in [0.5, 0.6) is 0 Å². The topological polar surface area (TPSA) is 66.8 Å². The second-order valence-corrected chi connectivity index (χ2v) is 5.44. The van der Waals surface area contributed by atoms with Gasteiger partial charge in [0.1, 0.15) is 0 Å². The minimum atomic E-state index is -0.945. The monoisotopic (exact) mass is 288 g/mol. The number of aliphatic hydroxyl groups is 2. The van der Waals surface area contributed by atoms with E-state index in [-0.39, 0.29) is 0 Å². The molecule has 0 radical (unpaired) electrons. The van der Waals surface area contributed by atoms with E-state index >= 15 is 0 Å². The summed E-state index contributed by atoms with van der Waals surface area (Å²) in [6.07, 6.45) is 12.4. The summed E-state index contributed by atoms with van der Waals surface area (Å²) in [7, 11) is 1.30. The molecule has 0 aromatic heterocycles. The van der Waals surface area contributed by atoms with Gasteiger partial charge in [-0.2, -0.15) is 0 Å². The van der Waals surface area contributed by atoms with Gasteiger partial charge in [0, 0.05) is 6.61 Å². The fourth-order valence-corrected chi connectivity index (χ4v) is 2.29. The number of aliphatic hydroxyl groups excluding tert-OH is 2. The van der Waals surface area contributed by atoms with Crippen molar-refractivity contribution in [3.63, 3.8) is 0 Å². The van der Waals surface area contributed by atoms with E-state index in [1.807, 2.05) is 0 Å². The fourth-order valence-electron chi connectivity index (χ4n) is 2.29. The number of methoxy groups -OCH3 is 1. The molecule has 0 aromatic carbocycles. The number of ether oxygens (including phenoxy) is 1. The smallest absolute Gasteiger partial charge is 0.334 e. The summed E-state index contributed by atoms with van der Waals surface area (Å²) in [4.78, 5) is 11.0. The van der Waals surface area contributed by atoms with Crippen molar-refractivity contribution < 1.29 is 19.7 Å². The van der Waals surface area contributed by atoms with E-state index in [9.17, 15) is 9.90 Å². The maximum atomic E-state index is 11.0. The highest BCUT2D eigenvalue weighted by Gasteiger charge is 2.13. The molecule has 0 amide bonds. The molecule has 0 saturated heterocycles. The third-order valence-corrected chi connectivity index (χ3v) is 3.61. The summed E-state index contributed by atoms with van der Waals surface area (Å²) >= 11 is 0. The van der Waals surface area contributed by atoms with Crippen LogP contribution in [0.15, 0.2) is 0 Å². The minimum absolute atomic E-state index is 0.324. The Hall–Kier alpha value is -0.610. The van der Waals surface area contributed by atoms with Gasteiger partial charge < -0.3 is 14.9 Å². The van der Waals surface area contributed by atoms with Crippen molar-refractivity contribution in [3.8, 4) is 0 Å². The Balaban J connectivity index is 3.11. The van der Waals surface area contributed by atoms with Crippen molar-refractivity contribution in [2.45, 2.75) is 83.2 Å². The van der Waals surface area contributed by atoms with Crippen LogP contribution in [0.3, 0.4) is 0 Å². The van der Waals surface area contributed by atoms with Crippen LogP contribution in [0.25, 0.3) is 0 Å². The Labute approximate surface area is 123 Å². The van der Waals surface area contributed by atoms with E-state index in [2.05, 4.69) is 4.74 Å². The van der Waals surface area contributed by atoms with Crippen molar-refractivity contribution in [2.75, 3.05) is 13.7 Å².